The molecule has 1 heterocycles. The lowest BCUT2D eigenvalue weighted by atomic mass is 9.90. The van der Waals surface area contributed by atoms with E-state index in [4.69, 9.17) is 5.73 Å². The van der Waals surface area contributed by atoms with Crippen molar-refractivity contribution in [3.8, 4) is 0 Å². The zero-order valence-electron chi connectivity index (χ0n) is 8.97. The van der Waals surface area contributed by atoms with Crippen molar-refractivity contribution in [3.05, 3.63) is 0 Å². The van der Waals surface area contributed by atoms with Crippen molar-refractivity contribution < 1.29 is 0 Å². The van der Waals surface area contributed by atoms with Gasteiger partial charge in [-0.25, -0.2) is 0 Å². The monoisotopic (exact) mass is 197 g/mol. The first-order chi connectivity index (χ1) is 6.86. The molecule has 1 saturated carbocycles. The van der Waals surface area contributed by atoms with E-state index in [9.17, 15) is 0 Å². The summed E-state index contributed by atoms with van der Waals surface area (Å²) in [5.74, 6) is 0. The second-order valence-electron chi connectivity index (χ2n) is 4.76. The number of nitrogens with two attached hydrogens (primary N) is 1. The first kappa shape index (κ1) is 10.4. The van der Waals surface area contributed by atoms with Crippen LogP contribution in [-0.2, 0) is 0 Å². The average Bonchev–Trinajstić information content (AvgIpc) is 2.23. The van der Waals surface area contributed by atoms with Gasteiger partial charge in [0.15, 0.2) is 0 Å². The predicted octanol–water partition coefficient (Wildman–Crippen LogP) is 0.598. The lowest BCUT2D eigenvalue weighted by Gasteiger charge is -2.34. The van der Waals surface area contributed by atoms with Crippen LogP contribution in [0.5, 0.6) is 0 Å². The number of piperidine rings is 1. The molecule has 0 aromatic carbocycles. The Balaban J connectivity index is 1.76. The van der Waals surface area contributed by atoms with Crippen LogP contribution >= 0.6 is 0 Å². The topological polar surface area (TPSA) is 50.1 Å². The van der Waals surface area contributed by atoms with Gasteiger partial charge in [0.25, 0.3) is 0 Å². The Hall–Kier alpha value is -0.120. The van der Waals surface area contributed by atoms with Crippen LogP contribution in [0.25, 0.3) is 0 Å². The first-order valence-electron chi connectivity index (χ1n) is 6.08. The highest BCUT2D eigenvalue weighted by molar-refractivity contribution is 4.87. The molecule has 2 fully saturated rings. The van der Waals surface area contributed by atoms with E-state index >= 15 is 0 Å². The molecule has 0 bridgehead atoms. The second-order valence-corrected chi connectivity index (χ2v) is 4.76. The van der Waals surface area contributed by atoms with Crippen molar-refractivity contribution in [1.82, 2.24) is 10.6 Å². The molecular formula is C11H23N3. The van der Waals surface area contributed by atoms with Crippen LogP contribution in [-0.4, -0.2) is 31.2 Å². The normalized spacial score (nSPS) is 39.6. The standard InChI is InChI=1S/C11H23N3/c12-10-5-1-2-6-11(10)14-9-4-3-7-13-8-9/h9-11,13-14H,1-8,12H2/t9-,10+,11+/m0/s1. The van der Waals surface area contributed by atoms with E-state index in [1.807, 2.05) is 0 Å². The van der Waals surface area contributed by atoms with Gasteiger partial charge in [0.1, 0.15) is 0 Å². The summed E-state index contributed by atoms with van der Waals surface area (Å²) in [4.78, 5) is 0. The molecule has 2 aliphatic rings. The van der Waals surface area contributed by atoms with E-state index in [-0.39, 0.29) is 0 Å². The summed E-state index contributed by atoms with van der Waals surface area (Å²) in [6.07, 6.45) is 7.78. The third-order valence-corrected chi connectivity index (χ3v) is 3.57. The minimum Gasteiger partial charge on any atom is -0.326 e. The van der Waals surface area contributed by atoms with E-state index in [1.165, 1.54) is 45.1 Å². The molecule has 0 amide bonds. The third kappa shape index (κ3) is 2.69. The van der Waals surface area contributed by atoms with Crippen molar-refractivity contribution >= 4 is 0 Å². The molecule has 0 aromatic rings. The van der Waals surface area contributed by atoms with E-state index < -0.39 is 0 Å². The quantitative estimate of drug-likeness (QED) is 0.607. The minimum absolute atomic E-state index is 0.394. The van der Waals surface area contributed by atoms with Gasteiger partial charge in [-0.2, -0.15) is 0 Å². The molecule has 0 radical (unpaired) electrons. The van der Waals surface area contributed by atoms with Gasteiger partial charge in [0.2, 0.25) is 0 Å². The summed E-state index contributed by atoms with van der Waals surface area (Å²) < 4.78 is 0. The minimum atomic E-state index is 0.394. The summed E-state index contributed by atoms with van der Waals surface area (Å²) in [5, 5.41) is 7.16. The van der Waals surface area contributed by atoms with Crippen LogP contribution < -0.4 is 16.4 Å². The zero-order valence-corrected chi connectivity index (χ0v) is 8.97. The summed E-state index contributed by atoms with van der Waals surface area (Å²) >= 11 is 0. The highest BCUT2D eigenvalue weighted by Gasteiger charge is 2.24. The maximum atomic E-state index is 6.11. The van der Waals surface area contributed by atoms with E-state index in [1.54, 1.807) is 0 Å². The Morgan fingerprint density at radius 1 is 1.07 bits per heavy atom. The van der Waals surface area contributed by atoms with Crippen molar-refractivity contribution in [3.63, 3.8) is 0 Å². The van der Waals surface area contributed by atoms with Gasteiger partial charge in [-0.05, 0) is 32.2 Å². The average molecular weight is 197 g/mol. The Bertz CT molecular complexity index is 166. The molecule has 1 aliphatic heterocycles. The summed E-state index contributed by atoms with van der Waals surface area (Å²) in [5.41, 5.74) is 6.11. The summed E-state index contributed by atoms with van der Waals surface area (Å²) in [6, 6.07) is 1.64. The lowest BCUT2D eigenvalue weighted by Crippen LogP contribution is -2.54. The maximum absolute atomic E-state index is 6.11. The fourth-order valence-electron chi connectivity index (χ4n) is 2.66. The maximum Gasteiger partial charge on any atom is 0.0222 e. The van der Waals surface area contributed by atoms with Gasteiger partial charge >= 0.3 is 0 Å². The van der Waals surface area contributed by atoms with Crippen LogP contribution in [0, 0.1) is 0 Å². The molecule has 2 rings (SSSR count). The predicted molar refractivity (Wildman–Crippen MR) is 59.3 cm³/mol. The van der Waals surface area contributed by atoms with Crippen molar-refractivity contribution in [1.29, 1.82) is 0 Å². The van der Waals surface area contributed by atoms with Gasteiger partial charge in [-0.3, -0.25) is 0 Å². The molecule has 0 aromatic heterocycles. The molecule has 3 heteroatoms. The molecule has 1 aliphatic carbocycles. The summed E-state index contributed by atoms with van der Waals surface area (Å²) in [6.45, 7) is 2.32. The Morgan fingerprint density at radius 2 is 1.93 bits per heavy atom. The van der Waals surface area contributed by atoms with E-state index in [0.29, 0.717) is 18.1 Å². The van der Waals surface area contributed by atoms with Gasteiger partial charge in [0.05, 0.1) is 0 Å². The number of rotatable bonds is 2. The number of hydrogen-bond acceptors (Lipinski definition) is 3. The third-order valence-electron chi connectivity index (χ3n) is 3.57. The van der Waals surface area contributed by atoms with Crippen LogP contribution in [0.3, 0.4) is 0 Å². The SMILES string of the molecule is N[C@@H]1CCCC[C@H]1N[C@H]1CCCNC1. The van der Waals surface area contributed by atoms with Gasteiger partial charge in [-0.1, -0.05) is 12.8 Å². The lowest BCUT2D eigenvalue weighted by molar-refractivity contribution is 0.274. The zero-order chi connectivity index (χ0) is 9.80. The van der Waals surface area contributed by atoms with Gasteiger partial charge in [0, 0.05) is 24.7 Å². The molecule has 3 nitrogen and oxygen atoms in total. The molecule has 14 heavy (non-hydrogen) atoms. The molecular weight excluding hydrogens is 174 g/mol. The first-order valence-corrected chi connectivity index (χ1v) is 6.08. The van der Waals surface area contributed by atoms with Crippen LogP contribution in [0.4, 0.5) is 0 Å². The van der Waals surface area contributed by atoms with Crippen molar-refractivity contribution in [2.75, 3.05) is 13.1 Å². The largest absolute Gasteiger partial charge is 0.326 e. The fraction of sp³-hybridized carbons (Fsp3) is 1.00. The Labute approximate surface area is 86.8 Å². The van der Waals surface area contributed by atoms with E-state index in [0.717, 1.165) is 6.54 Å². The van der Waals surface area contributed by atoms with Crippen molar-refractivity contribution in [2.24, 2.45) is 5.73 Å². The number of hydrogen-bond donors (Lipinski definition) is 3. The van der Waals surface area contributed by atoms with Crippen LogP contribution in [0.2, 0.25) is 0 Å². The Kier molecular flexibility index (Phi) is 3.79. The van der Waals surface area contributed by atoms with Crippen molar-refractivity contribution in [2.45, 2.75) is 56.7 Å². The summed E-state index contributed by atoms with van der Waals surface area (Å²) in [7, 11) is 0. The highest BCUT2D eigenvalue weighted by Crippen LogP contribution is 2.18. The molecule has 3 atom stereocenters. The van der Waals surface area contributed by atoms with Crippen LogP contribution in [0.1, 0.15) is 38.5 Å². The van der Waals surface area contributed by atoms with Crippen LogP contribution in [0.15, 0.2) is 0 Å². The molecule has 4 N–H and O–H groups in total. The van der Waals surface area contributed by atoms with Gasteiger partial charge < -0.3 is 16.4 Å². The smallest absolute Gasteiger partial charge is 0.0222 e. The fourth-order valence-corrected chi connectivity index (χ4v) is 2.66. The van der Waals surface area contributed by atoms with E-state index in [2.05, 4.69) is 10.6 Å². The molecule has 1 saturated heterocycles. The molecule has 0 spiro atoms. The molecule has 0 unspecified atom stereocenters. The Morgan fingerprint density at radius 3 is 2.64 bits per heavy atom. The molecule has 82 valence electrons. The second kappa shape index (κ2) is 5.10. The van der Waals surface area contributed by atoms with Gasteiger partial charge in [-0.15, -0.1) is 0 Å². The highest BCUT2D eigenvalue weighted by atomic mass is 15.0. The number of nitrogens with one attached hydrogen (secondary N) is 2.